The second kappa shape index (κ2) is 10.2. The SMILES string of the molecule is O=C(O)CCCC=CCC1C2CCC(C2)C1NC(=O)c1ccc(Sc2ccsc2)s1. The standard InChI is InChI=1S/C23H27NO3S3/c25-20(26)6-4-2-1-3-5-18-15-7-8-16(13-15)22(18)24-23(27)19-9-10-21(30-19)29-17-11-12-28-14-17/h1,3,9-12,14-16,18,22H,2,4-8,13H2,(H,24,27)(H,25,26). The molecular formula is C23H27NO3S3. The Morgan fingerprint density at radius 2 is 2.07 bits per heavy atom. The molecule has 0 aromatic carbocycles. The molecule has 4 nitrogen and oxygen atoms in total. The Hall–Kier alpha value is -1.57. The Kier molecular flexibility index (Phi) is 7.33. The van der Waals surface area contributed by atoms with Crippen molar-refractivity contribution >= 4 is 46.3 Å². The molecule has 2 fully saturated rings. The molecule has 2 aromatic rings. The zero-order chi connectivity index (χ0) is 20.9. The van der Waals surface area contributed by atoms with Crippen molar-refractivity contribution in [2.75, 3.05) is 0 Å². The van der Waals surface area contributed by atoms with Crippen molar-refractivity contribution in [1.82, 2.24) is 5.32 Å². The molecule has 2 N–H and O–H groups in total. The lowest BCUT2D eigenvalue weighted by Crippen LogP contribution is -2.43. The Bertz CT molecular complexity index is 889. The quantitative estimate of drug-likeness (QED) is 0.321. The number of nitrogens with one attached hydrogen (secondary N) is 1. The second-order valence-electron chi connectivity index (χ2n) is 8.17. The fourth-order valence-electron chi connectivity index (χ4n) is 4.86. The lowest BCUT2D eigenvalue weighted by atomic mass is 9.82. The summed E-state index contributed by atoms with van der Waals surface area (Å²) < 4.78 is 1.15. The van der Waals surface area contributed by atoms with Gasteiger partial charge in [0, 0.05) is 22.7 Å². The van der Waals surface area contributed by atoms with Gasteiger partial charge in [-0.3, -0.25) is 9.59 Å². The molecule has 160 valence electrons. The minimum absolute atomic E-state index is 0.0603. The summed E-state index contributed by atoms with van der Waals surface area (Å²) in [5.74, 6) is 1.14. The molecule has 2 aliphatic carbocycles. The molecule has 7 heteroatoms. The van der Waals surface area contributed by atoms with Crippen LogP contribution in [0.3, 0.4) is 0 Å². The monoisotopic (exact) mass is 461 g/mol. The zero-order valence-corrected chi connectivity index (χ0v) is 19.2. The number of aliphatic carboxylic acids is 1. The minimum Gasteiger partial charge on any atom is -0.481 e. The number of carbonyl (C=O) groups excluding carboxylic acids is 1. The van der Waals surface area contributed by atoms with Crippen LogP contribution in [0.5, 0.6) is 0 Å². The fourth-order valence-corrected chi connectivity index (χ4v) is 7.69. The first-order chi connectivity index (χ1) is 14.6. The van der Waals surface area contributed by atoms with Crippen molar-refractivity contribution in [3.63, 3.8) is 0 Å². The summed E-state index contributed by atoms with van der Waals surface area (Å²) in [5.41, 5.74) is 0. The molecule has 2 aromatic heterocycles. The lowest BCUT2D eigenvalue weighted by Gasteiger charge is -2.31. The van der Waals surface area contributed by atoms with E-state index in [1.807, 2.05) is 12.1 Å². The summed E-state index contributed by atoms with van der Waals surface area (Å²) in [4.78, 5) is 25.6. The normalized spacial score (nSPS) is 25.2. The third-order valence-corrected chi connectivity index (χ3v) is 9.28. The van der Waals surface area contributed by atoms with E-state index in [0.29, 0.717) is 24.2 Å². The van der Waals surface area contributed by atoms with Crippen molar-refractivity contribution in [1.29, 1.82) is 0 Å². The highest BCUT2D eigenvalue weighted by Crippen LogP contribution is 2.50. The van der Waals surface area contributed by atoms with Gasteiger partial charge in [0.25, 0.3) is 5.91 Å². The maximum Gasteiger partial charge on any atom is 0.303 e. The molecule has 0 aliphatic heterocycles. The Balaban J connectivity index is 1.32. The average Bonchev–Trinajstić information content (AvgIpc) is 3.50. The summed E-state index contributed by atoms with van der Waals surface area (Å²) in [6.45, 7) is 0. The van der Waals surface area contributed by atoms with E-state index in [-0.39, 0.29) is 18.4 Å². The van der Waals surface area contributed by atoms with Gasteiger partial charge in [-0.15, -0.1) is 11.3 Å². The van der Waals surface area contributed by atoms with E-state index in [4.69, 9.17) is 5.11 Å². The number of fused-ring (bicyclic) bond motifs is 2. The summed E-state index contributed by atoms with van der Waals surface area (Å²) in [6, 6.07) is 6.35. The van der Waals surface area contributed by atoms with Crippen LogP contribution in [0, 0.1) is 17.8 Å². The van der Waals surface area contributed by atoms with Crippen LogP contribution >= 0.6 is 34.4 Å². The smallest absolute Gasteiger partial charge is 0.303 e. The Morgan fingerprint density at radius 1 is 1.20 bits per heavy atom. The van der Waals surface area contributed by atoms with Gasteiger partial charge in [0.05, 0.1) is 9.09 Å². The highest BCUT2D eigenvalue weighted by Gasteiger charge is 2.47. The van der Waals surface area contributed by atoms with Crippen molar-refractivity contribution in [2.24, 2.45) is 17.8 Å². The molecule has 2 bridgehead atoms. The van der Waals surface area contributed by atoms with E-state index in [0.717, 1.165) is 21.9 Å². The van der Waals surface area contributed by atoms with Gasteiger partial charge in [-0.05, 0) is 79.9 Å². The van der Waals surface area contributed by atoms with E-state index in [1.54, 1.807) is 34.4 Å². The van der Waals surface area contributed by atoms with Crippen molar-refractivity contribution in [3.05, 3.63) is 46.0 Å². The van der Waals surface area contributed by atoms with Gasteiger partial charge in [-0.25, -0.2) is 0 Å². The van der Waals surface area contributed by atoms with Gasteiger partial charge in [0.1, 0.15) is 0 Å². The first-order valence-electron chi connectivity index (χ1n) is 10.6. The molecule has 2 aliphatic rings. The average molecular weight is 462 g/mol. The molecule has 30 heavy (non-hydrogen) atoms. The summed E-state index contributed by atoms with van der Waals surface area (Å²) >= 11 is 4.96. The number of hydrogen-bond acceptors (Lipinski definition) is 5. The van der Waals surface area contributed by atoms with Crippen molar-refractivity contribution < 1.29 is 14.7 Å². The van der Waals surface area contributed by atoms with Gasteiger partial charge in [0.15, 0.2) is 0 Å². The maximum absolute atomic E-state index is 12.9. The number of rotatable bonds is 10. The number of carbonyl (C=O) groups is 2. The van der Waals surface area contributed by atoms with Gasteiger partial charge < -0.3 is 10.4 Å². The van der Waals surface area contributed by atoms with Crippen LogP contribution in [-0.4, -0.2) is 23.0 Å². The number of allylic oxidation sites excluding steroid dienone is 2. The predicted octanol–water partition coefficient (Wildman–Crippen LogP) is 6.31. The maximum atomic E-state index is 12.9. The van der Waals surface area contributed by atoms with Gasteiger partial charge in [-0.2, -0.15) is 11.3 Å². The third-order valence-electron chi connectivity index (χ3n) is 6.24. The molecule has 4 unspecified atom stereocenters. The van der Waals surface area contributed by atoms with Crippen LogP contribution in [0.15, 0.2) is 50.2 Å². The van der Waals surface area contributed by atoms with Crippen LogP contribution in [0.2, 0.25) is 0 Å². The largest absolute Gasteiger partial charge is 0.481 e. The van der Waals surface area contributed by atoms with Crippen molar-refractivity contribution in [3.8, 4) is 0 Å². The Morgan fingerprint density at radius 3 is 2.87 bits per heavy atom. The predicted molar refractivity (Wildman–Crippen MR) is 124 cm³/mol. The fraction of sp³-hybridized carbons (Fsp3) is 0.478. The van der Waals surface area contributed by atoms with Crippen LogP contribution in [0.1, 0.15) is 54.6 Å². The summed E-state index contributed by atoms with van der Waals surface area (Å²) in [5, 5.41) is 16.3. The van der Waals surface area contributed by atoms with Crippen LogP contribution in [-0.2, 0) is 4.79 Å². The number of thiophene rings is 2. The van der Waals surface area contributed by atoms with Crippen molar-refractivity contribution in [2.45, 2.75) is 60.1 Å². The van der Waals surface area contributed by atoms with Crippen LogP contribution < -0.4 is 5.32 Å². The van der Waals surface area contributed by atoms with E-state index in [2.05, 4.69) is 34.3 Å². The molecule has 1 amide bonds. The topological polar surface area (TPSA) is 66.4 Å². The highest BCUT2D eigenvalue weighted by atomic mass is 32.2. The summed E-state index contributed by atoms with van der Waals surface area (Å²) in [6.07, 6.45) is 10.7. The summed E-state index contributed by atoms with van der Waals surface area (Å²) in [7, 11) is 0. The first kappa shape index (κ1) is 21.7. The Labute approximate surface area is 189 Å². The minimum atomic E-state index is -0.732. The number of hydrogen-bond donors (Lipinski definition) is 2. The zero-order valence-electron chi connectivity index (χ0n) is 16.8. The molecule has 4 atom stereocenters. The van der Waals surface area contributed by atoms with E-state index >= 15 is 0 Å². The number of carboxylic acids is 1. The van der Waals surface area contributed by atoms with Gasteiger partial charge in [-0.1, -0.05) is 23.9 Å². The van der Waals surface area contributed by atoms with E-state index in [1.165, 1.54) is 24.2 Å². The molecule has 2 heterocycles. The van der Waals surface area contributed by atoms with Crippen LogP contribution in [0.25, 0.3) is 0 Å². The highest BCUT2D eigenvalue weighted by molar-refractivity contribution is 8.01. The third kappa shape index (κ3) is 5.37. The van der Waals surface area contributed by atoms with E-state index in [9.17, 15) is 9.59 Å². The first-order valence-corrected chi connectivity index (χ1v) is 13.2. The molecular weight excluding hydrogens is 434 g/mol. The second-order valence-corrected chi connectivity index (χ2v) is 11.4. The number of amides is 1. The molecule has 2 saturated carbocycles. The number of unbranched alkanes of at least 4 members (excludes halogenated alkanes) is 1. The molecule has 0 radical (unpaired) electrons. The lowest BCUT2D eigenvalue weighted by molar-refractivity contribution is -0.137. The number of carboxylic acid groups (broad SMARTS) is 1. The van der Waals surface area contributed by atoms with Gasteiger partial charge >= 0.3 is 5.97 Å². The van der Waals surface area contributed by atoms with Crippen LogP contribution in [0.4, 0.5) is 0 Å². The molecule has 0 spiro atoms. The molecule has 0 saturated heterocycles. The van der Waals surface area contributed by atoms with Gasteiger partial charge in [0.2, 0.25) is 0 Å². The molecule has 4 rings (SSSR count). The van der Waals surface area contributed by atoms with E-state index < -0.39 is 5.97 Å².